The Morgan fingerprint density at radius 3 is 2.79 bits per heavy atom. The highest BCUT2D eigenvalue weighted by Gasteiger charge is 2.36. The average molecular weight is 258 g/mol. The second kappa shape index (κ2) is 5.16. The van der Waals surface area contributed by atoms with Crippen LogP contribution in [0.4, 0.5) is 5.69 Å². The molecular formula is C17H26N2. The molecule has 19 heavy (non-hydrogen) atoms. The lowest BCUT2D eigenvalue weighted by Gasteiger charge is -2.44. The van der Waals surface area contributed by atoms with Gasteiger partial charge < -0.3 is 10.6 Å². The van der Waals surface area contributed by atoms with E-state index in [1.54, 1.807) is 0 Å². The molecule has 2 heteroatoms. The van der Waals surface area contributed by atoms with Gasteiger partial charge in [0.25, 0.3) is 0 Å². The molecule has 0 bridgehead atoms. The number of hydrogen-bond acceptors (Lipinski definition) is 2. The number of nitrogens with zero attached hydrogens (tertiary/aromatic N) is 1. The highest BCUT2D eigenvalue weighted by atomic mass is 15.2. The number of rotatable bonds is 4. The Morgan fingerprint density at radius 1 is 1.32 bits per heavy atom. The van der Waals surface area contributed by atoms with Crippen molar-refractivity contribution in [3.05, 3.63) is 29.8 Å². The molecule has 0 radical (unpaired) electrons. The van der Waals surface area contributed by atoms with Crippen LogP contribution in [-0.4, -0.2) is 19.1 Å². The van der Waals surface area contributed by atoms with E-state index in [0.717, 1.165) is 6.54 Å². The maximum absolute atomic E-state index is 6.00. The quantitative estimate of drug-likeness (QED) is 0.897. The van der Waals surface area contributed by atoms with Crippen LogP contribution in [-0.2, 0) is 6.42 Å². The lowest BCUT2D eigenvalue weighted by molar-refractivity contribution is 0.132. The Morgan fingerprint density at radius 2 is 2.11 bits per heavy atom. The van der Waals surface area contributed by atoms with Crippen LogP contribution in [0, 0.1) is 5.41 Å². The largest absolute Gasteiger partial charge is 0.369 e. The molecule has 1 aliphatic heterocycles. The summed E-state index contributed by atoms with van der Waals surface area (Å²) in [5.74, 6) is 0. The van der Waals surface area contributed by atoms with Gasteiger partial charge in [-0.25, -0.2) is 0 Å². The van der Waals surface area contributed by atoms with E-state index >= 15 is 0 Å². The Kier molecular flexibility index (Phi) is 3.53. The minimum absolute atomic E-state index is 0.464. The van der Waals surface area contributed by atoms with Crippen LogP contribution < -0.4 is 10.6 Å². The molecule has 1 fully saturated rings. The van der Waals surface area contributed by atoms with E-state index in [1.165, 1.54) is 56.3 Å². The van der Waals surface area contributed by atoms with Crippen LogP contribution in [0.3, 0.4) is 0 Å². The fourth-order valence-electron chi connectivity index (χ4n) is 3.69. The molecule has 104 valence electrons. The summed E-state index contributed by atoms with van der Waals surface area (Å²) in [5, 5.41) is 0. The SMILES string of the molecule is CC1CCc2ccccc2N1CCC1(CN)CCC1. The Labute approximate surface area is 117 Å². The van der Waals surface area contributed by atoms with Gasteiger partial charge in [0.2, 0.25) is 0 Å². The predicted octanol–water partition coefficient (Wildman–Crippen LogP) is 3.35. The molecule has 0 saturated heterocycles. The summed E-state index contributed by atoms with van der Waals surface area (Å²) < 4.78 is 0. The van der Waals surface area contributed by atoms with Crippen molar-refractivity contribution in [3.63, 3.8) is 0 Å². The van der Waals surface area contributed by atoms with E-state index < -0.39 is 0 Å². The van der Waals surface area contributed by atoms with Crippen LogP contribution in [0.25, 0.3) is 0 Å². The number of nitrogens with two attached hydrogens (primary N) is 1. The maximum Gasteiger partial charge on any atom is 0.0401 e. The molecule has 1 unspecified atom stereocenters. The van der Waals surface area contributed by atoms with Gasteiger partial charge in [-0.2, -0.15) is 0 Å². The molecule has 2 N–H and O–H groups in total. The van der Waals surface area contributed by atoms with Crippen molar-refractivity contribution >= 4 is 5.69 Å². The van der Waals surface area contributed by atoms with E-state index in [1.807, 2.05) is 0 Å². The zero-order valence-electron chi connectivity index (χ0n) is 12.1. The molecule has 1 aromatic rings. The molecule has 0 aromatic heterocycles. The topological polar surface area (TPSA) is 29.3 Å². The molecule has 0 amide bonds. The third kappa shape index (κ3) is 2.38. The molecule has 2 aliphatic rings. The minimum Gasteiger partial charge on any atom is -0.369 e. The monoisotopic (exact) mass is 258 g/mol. The summed E-state index contributed by atoms with van der Waals surface area (Å²) in [6.45, 7) is 4.41. The molecular weight excluding hydrogens is 232 g/mol. The minimum atomic E-state index is 0.464. The second-order valence-corrected chi connectivity index (χ2v) is 6.52. The summed E-state index contributed by atoms with van der Waals surface area (Å²) in [7, 11) is 0. The number of aryl methyl sites for hydroxylation is 1. The molecule has 0 spiro atoms. The molecule has 1 aliphatic carbocycles. The van der Waals surface area contributed by atoms with Crippen LogP contribution in [0.2, 0.25) is 0 Å². The van der Waals surface area contributed by atoms with Crippen LogP contribution in [0.15, 0.2) is 24.3 Å². The van der Waals surface area contributed by atoms with Gasteiger partial charge in [0.05, 0.1) is 0 Å². The molecule has 3 rings (SSSR count). The predicted molar refractivity (Wildman–Crippen MR) is 81.5 cm³/mol. The Balaban J connectivity index is 1.73. The highest BCUT2D eigenvalue weighted by Crippen LogP contribution is 2.43. The van der Waals surface area contributed by atoms with Gasteiger partial charge in [-0.3, -0.25) is 0 Å². The highest BCUT2D eigenvalue weighted by molar-refractivity contribution is 5.56. The van der Waals surface area contributed by atoms with E-state index in [4.69, 9.17) is 5.73 Å². The Hall–Kier alpha value is -1.02. The normalized spacial score (nSPS) is 24.7. The van der Waals surface area contributed by atoms with Crippen molar-refractivity contribution in [2.24, 2.45) is 11.1 Å². The van der Waals surface area contributed by atoms with Crippen molar-refractivity contribution in [3.8, 4) is 0 Å². The van der Waals surface area contributed by atoms with Crippen LogP contribution in [0.1, 0.15) is 44.6 Å². The maximum atomic E-state index is 6.00. The van der Waals surface area contributed by atoms with Crippen LogP contribution in [0.5, 0.6) is 0 Å². The number of anilines is 1. The zero-order valence-corrected chi connectivity index (χ0v) is 12.1. The first kappa shape index (κ1) is 13.0. The van der Waals surface area contributed by atoms with Crippen molar-refractivity contribution in [2.45, 2.75) is 51.5 Å². The first-order valence-corrected chi connectivity index (χ1v) is 7.79. The van der Waals surface area contributed by atoms with Gasteiger partial charge in [-0.05, 0) is 62.6 Å². The van der Waals surface area contributed by atoms with E-state index in [-0.39, 0.29) is 0 Å². The second-order valence-electron chi connectivity index (χ2n) is 6.52. The molecule has 2 nitrogen and oxygen atoms in total. The van der Waals surface area contributed by atoms with Crippen molar-refractivity contribution < 1.29 is 0 Å². The van der Waals surface area contributed by atoms with Crippen LogP contribution >= 0.6 is 0 Å². The summed E-state index contributed by atoms with van der Waals surface area (Å²) in [6.07, 6.45) is 7.84. The molecule has 1 aromatic carbocycles. The van der Waals surface area contributed by atoms with E-state index in [0.29, 0.717) is 11.5 Å². The first-order valence-electron chi connectivity index (χ1n) is 7.79. The molecule has 1 saturated carbocycles. The number of fused-ring (bicyclic) bond motifs is 1. The number of benzene rings is 1. The van der Waals surface area contributed by atoms with E-state index in [2.05, 4.69) is 36.1 Å². The summed E-state index contributed by atoms with van der Waals surface area (Å²) in [4.78, 5) is 2.62. The van der Waals surface area contributed by atoms with Crippen molar-refractivity contribution in [2.75, 3.05) is 18.0 Å². The van der Waals surface area contributed by atoms with Gasteiger partial charge >= 0.3 is 0 Å². The van der Waals surface area contributed by atoms with E-state index in [9.17, 15) is 0 Å². The fraction of sp³-hybridized carbons (Fsp3) is 0.647. The zero-order chi connectivity index (χ0) is 13.3. The van der Waals surface area contributed by atoms with Crippen molar-refractivity contribution in [1.82, 2.24) is 0 Å². The van der Waals surface area contributed by atoms with Gasteiger partial charge in [0.1, 0.15) is 0 Å². The van der Waals surface area contributed by atoms with Gasteiger partial charge in [-0.1, -0.05) is 24.6 Å². The average Bonchev–Trinajstić information content (AvgIpc) is 2.40. The third-order valence-electron chi connectivity index (χ3n) is 5.39. The summed E-state index contributed by atoms with van der Waals surface area (Å²) >= 11 is 0. The smallest absolute Gasteiger partial charge is 0.0401 e. The van der Waals surface area contributed by atoms with Gasteiger partial charge in [0.15, 0.2) is 0 Å². The Bertz CT molecular complexity index is 431. The molecule has 1 atom stereocenters. The van der Waals surface area contributed by atoms with Crippen molar-refractivity contribution in [1.29, 1.82) is 0 Å². The van der Waals surface area contributed by atoms with Gasteiger partial charge in [-0.15, -0.1) is 0 Å². The summed E-state index contributed by atoms with van der Waals surface area (Å²) in [6, 6.07) is 9.59. The lowest BCUT2D eigenvalue weighted by Crippen LogP contribution is -2.44. The van der Waals surface area contributed by atoms with Gasteiger partial charge in [0, 0.05) is 18.3 Å². The number of hydrogen-bond donors (Lipinski definition) is 1. The standard InChI is InChI=1S/C17H26N2/c1-14-7-8-15-5-2-3-6-16(15)19(14)12-11-17(13-18)9-4-10-17/h2-3,5-6,14H,4,7-13,18H2,1H3. The number of para-hydroxylation sites is 1. The fourth-order valence-corrected chi connectivity index (χ4v) is 3.69. The lowest BCUT2D eigenvalue weighted by atomic mass is 9.66. The third-order valence-corrected chi connectivity index (χ3v) is 5.39. The first-order chi connectivity index (χ1) is 9.24. The summed E-state index contributed by atoms with van der Waals surface area (Å²) in [5.41, 5.74) is 9.45. The molecule has 1 heterocycles.